The fourth-order valence-electron chi connectivity index (χ4n) is 3.51. The summed E-state index contributed by atoms with van der Waals surface area (Å²) in [6.07, 6.45) is 0.494. The molecule has 0 aliphatic carbocycles. The van der Waals surface area contributed by atoms with Gasteiger partial charge in [0.15, 0.2) is 0 Å². The monoisotopic (exact) mass is 395 g/mol. The van der Waals surface area contributed by atoms with E-state index >= 15 is 0 Å². The van der Waals surface area contributed by atoms with Gasteiger partial charge in [0.25, 0.3) is 5.91 Å². The molecule has 0 spiro atoms. The summed E-state index contributed by atoms with van der Waals surface area (Å²) in [6, 6.07) is 5.87. The van der Waals surface area contributed by atoms with Crippen LogP contribution in [0, 0.1) is 0 Å². The second-order valence-corrected chi connectivity index (χ2v) is 8.63. The van der Waals surface area contributed by atoms with Crippen molar-refractivity contribution in [1.82, 2.24) is 10.2 Å². The fourth-order valence-corrected chi connectivity index (χ4v) is 5.42. The van der Waals surface area contributed by atoms with Gasteiger partial charge >= 0.3 is 0 Å². The summed E-state index contributed by atoms with van der Waals surface area (Å²) in [4.78, 5) is 16.5. The Kier molecular flexibility index (Phi) is 4.44. The second kappa shape index (κ2) is 6.47. The second-order valence-electron chi connectivity index (χ2n) is 6.71. The molecular weight excluding hydrogens is 377 g/mol. The Morgan fingerprint density at radius 2 is 1.96 bits per heavy atom. The molecule has 0 saturated heterocycles. The van der Waals surface area contributed by atoms with Gasteiger partial charge in [0.2, 0.25) is 0 Å². The summed E-state index contributed by atoms with van der Waals surface area (Å²) in [5, 5.41) is 8.44. The molecule has 1 aromatic carbocycles. The maximum atomic E-state index is 12.8. The first kappa shape index (κ1) is 17.2. The Balaban J connectivity index is 1.70. The largest absolute Gasteiger partial charge is 0.353 e. The van der Waals surface area contributed by atoms with Crippen molar-refractivity contribution in [1.29, 1.82) is 0 Å². The summed E-state index contributed by atoms with van der Waals surface area (Å²) in [5.41, 5.74) is 2.69. The molecule has 1 atom stereocenters. The standard InChI is InChI=1S/C18H19Cl2N3OS/c1-9(2)23-7-6-10-13(8-23)25-18-14(10)17(24)21-16(22-18)15-11(19)4-3-5-12(15)20/h3-5,9,16,22H,6-8H2,1-2H3,(H,21,24). The van der Waals surface area contributed by atoms with Crippen molar-refractivity contribution in [3.63, 3.8) is 0 Å². The van der Waals surface area contributed by atoms with Gasteiger partial charge in [-0.05, 0) is 38.0 Å². The number of nitrogens with one attached hydrogen (secondary N) is 2. The Morgan fingerprint density at radius 3 is 2.64 bits per heavy atom. The van der Waals surface area contributed by atoms with Gasteiger partial charge in [-0.3, -0.25) is 9.69 Å². The molecule has 7 heteroatoms. The summed E-state index contributed by atoms with van der Waals surface area (Å²) >= 11 is 14.3. The van der Waals surface area contributed by atoms with Gasteiger partial charge in [-0.15, -0.1) is 11.3 Å². The van der Waals surface area contributed by atoms with Crippen LogP contribution >= 0.6 is 34.5 Å². The number of hydrogen-bond acceptors (Lipinski definition) is 4. The maximum absolute atomic E-state index is 12.8. The minimum atomic E-state index is -0.414. The quantitative estimate of drug-likeness (QED) is 0.775. The lowest BCUT2D eigenvalue weighted by Gasteiger charge is -2.31. The van der Waals surface area contributed by atoms with Crippen LogP contribution < -0.4 is 10.6 Å². The molecule has 132 valence electrons. The molecule has 2 aliphatic heterocycles. The highest BCUT2D eigenvalue weighted by Gasteiger charge is 2.34. The smallest absolute Gasteiger partial charge is 0.256 e. The highest BCUT2D eigenvalue weighted by molar-refractivity contribution is 7.16. The maximum Gasteiger partial charge on any atom is 0.256 e. The SMILES string of the molecule is CC(C)N1CCc2c(sc3c2C(=O)NC(c2c(Cl)cccc2Cl)N3)C1. The van der Waals surface area contributed by atoms with E-state index < -0.39 is 6.17 Å². The van der Waals surface area contributed by atoms with Crippen LogP contribution in [0.25, 0.3) is 0 Å². The fraction of sp³-hybridized carbons (Fsp3) is 0.389. The van der Waals surface area contributed by atoms with Gasteiger partial charge < -0.3 is 10.6 Å². The van der Waals surface area contributed by atoms with E-state index in [-0.39, 0.29) is 5.91 Å². The van der Waals surface area contributed by atoms with Crippen molar-refractivity contribution in [3.8, 4) is 0 Å². The van der Waals surface area contributed by atoms with Crippen molar-refractivity contribution in [3.05, 3.63) is 49.8 Å². The summed E-state index contributed by atoms with van der Waals surface area (Å²) in [5.74, 6) is -0.0507. The number of carbonyl (C=O) groups excluding carboxylic acids is 1. The number of rotatable bonds is 2. The van der Waals surface area contributed by atoms with Crippen LogP contribution in [-0.4, -0.2) is 23.4 Å². The lowest BCUT2D eigenvalue weighted by atomic mass is 9.99. The molecule has 2 N–H and O–H groups in total. The van der Waals surface area contributed by atoms with Crippen molar-refractivity contribution in [2.45, 2.75) is 39.0 Å². The number of anilines is 1. The van der Waals surface area contributed by atoms with Gasteiger partial charge in [-0.1, -0.05) is 29.3 Å². The van der Waals surface area contributed by atoms with E-state index in [0.717, 1.165) is 30.1 Å². The highest BCUT2D eigenvalue weighted by atomic mass is 35.5. The minimum absolute atomic E-state index is 0.0507. The average Bonchev–Trinajstić information content (AvgIpc) is 2.92. The third-order valence-electron chi connectivity index (χ3n) is 4.88. The Bertz CT molecular complexity index is 829. The van der Waals surface area contributed by atoms with Gasteiger partial charge in [0.1, 0.15) is 11.2 Å². The van der Waals surface area contributed by atoms with E-state index in [2.05, 4.69) is 29.4 Å². The zero-order valence-electron chi connectivity index (χ0n) is 14.0. The van der Waals surface area contributed by atoms with E-state index in [9.17, 15) is 4.79 Å². The summed E-state index contributed by atoms with van der Waals surface area (Å²) in [6.45, 7) is 6.30. The van der Waals surface area contributed by atoms with Gasteiger partial charge in [0.05, 0.1) is 5.56 Å². The normalized spacial score (nSPS) is 20.0. The van der Waals surface area contributed by atoms with Crippen LogP contribution in [-0.2, 0) is 13.0 Å². The molecule has 4 rings (SSSR count). The van der Waals surface area contributed by atoms with Crippen molar-refractivity contribution >= 4 is 45.4 Å². The third-order valence-corrected chi connectivity index (χ3v) is 6.69. The van der Waals surface area contributed by atoms with Crippen LogP contribution in [0.2, 0.25) is 10.0 Å². The minimum Gasteiger partial charge on any atom is -0.353 e. The zero-order valence-corrected chi connectivity index (χ0v) is 16.4. The number of hydrogen-bond donors (Lipinski definition) is 2. The van der Waals surface area contributed by atoms with E-state index in [1.165, 1.54) is 10.4 Å². The average molecular weight is 396 g/mol. The van der Waals surface area contributed by atoms with Gasteiger partial charge in [-0.2, -0.15) is 0 Å². The van der Waals surface area contributed by atoms with E-state index in [4.69, 9.17) is 23.2 Å². The number of nitrogens with zero attached hydrogens (tertiary/aromatic N) is 1. The first-order valence-electron chi connectivity index (χ1n) is 8.35. The predicted octanol–water partition coefficient (Wildman–Crippen LogP) is 4.68. The number of fused-ring (bicyclic) bond motifs is 3. The molecule has 0 fully saturated rings. The van der Waals surface area contributed by atoms with Crippen molar-refractivity contribution in [2.24, 2.45) is 0 Å². The number of benzene rings is 1. The topological polar surface area (TPSA) is 44.4 Å². The molecule has 25 heavy (non-hydrogen) atoms. The number of carbonyl (C=O) groups is 1. The number of amides is 1. The lowest BCUT2D eigenvalue weighted by molar-refractivity contribution is 0.0934. The predicted molar refractivity (Wildman–Crippen MR) is 104 cm³/mol. The molecular formula is C18H19Cl2N3OS. The van der Waals surface area contributed by atoms with Crippen molar-refractivity contribution < 1.29 is 4.79 Å². The van der Waals surface area contributed by atoms with Crippen LogP contribution in [0.15, 0.2) is 18.2 Å². The van der Waals surface area contributed by atoms with E-state index in [1.54, 1.807) is 29.5 Å². The molecule has 4 nitrogen and oxygen atoms in total. The van der Waals surface area contributed by atoms with Crippen LogP contribution in [0.4, 0.5) is 5.00 Å². The molecule has 2 aromatic rings. The Labute approximate surface area is 161 Å². The van der Waals surface area contributed by atoms with Gasteiger partial charge in [-0.25, -0.2) is 0 Å². The molecule has 1 aromatic heterocycles. The first-order valence-corrected chi connectivity index (χ1v) is 9.93. The van der Waals surface area contributed by atoms with E-state index in [0.29, 0.717) is 21.7 Å². The first-order chi connectivity index (χ1) is 12.0. The Hall–Kier alpha value is -1.27. The Morgan fingerprint density at radius 1 is 1.24 bits per heavy atom. The molecule has 0 saturated carbocycles. The molecule has 3 heterocycles. The number of thiophene rings is 1. The lowest BCUT2D eigenvalue weighted by Crippen LogP contribution is -2.39. The molecule has 0 bridgehead atoms. The number of halogens is 2. The summed E-state index contributed by atoms with van der Waals surface area (Å²) in [7, 11) is 0. The molecule has 1 amide bonds. The molecule has 1 unspecified atom stereocenters. The van der Waals surface area contributed by atoms with Crippen LogP contribution in [0.3, 0.4) is 0 Å². The van der Waals surface area contributed by atoms with Crippen LogP contribution in [0.1, 0.15) is 46.4 Å². The van der Waals surface area contributed by atoms with Crippen LogP contribution in [0.5, 0.6) is 0 Å². The van der Waals surface area contributed by atoms with E-state index in [1.807, 2.05) is 0 Å². The summed E-state index contributed by atoms with van der Waals surface area (Å²) < 4.78 is 0. The van der Waals surface area contributed by atoms with Gasteiger partial charge in [0, 0.05) is 39.6 Å². The molecule has 2 aliphatic rings. The van der Waals surface area contributed by atoms with Crippen molar-refractivity contribution in [2.75, 3.05) is 11.9 Å². The third kappa shape index (κ3) is 2.93. The zero-order chi connectivity index (χ0) is 17.7. The highest BCUT2D eigenvalue weighted by Crippen LogP contribution is 2.42. The molecule has 0 radical (unpaired) electrons.